The number of hydrogen-bond donors (Lipinski definition) is 0. The van der Waals surface area contributed by atoms with Gasteiger partial charge in [-0.2, -0.15) is 5.10 Å². The lowest BCUT2D eigenvalue weighted by molar-refractivity contribution is -0.384. The summed E-state index contributed by atoms with van der Waals surface area (Å²) in [5, 5.41) is 19.3. The molecule has 8 nitrogen and oxygen atoms in total. The van der Waals surface area contributed by atoms with Crippen LogP contribution in [0, 0.1) is 17.0 Å². The second kappa shape index (κ2) is 9.98. The Kier molecular flexibility index (Phi) is 6.20. The average molecular weight is 516 g/mol. The lowest BCUT2D eigenvalue weighted by Gasteiger charge is -2.23. The quantitative estimate of drug-likeness (QED) is 0.181. The number of nitro benzene ring substituents is 1. The van der Waals surface area contributed by atoms with Gasteiger partial charge in [0.2, 0.25) is 5.95 Å². The number of ether oxygens (including phenoxy) is 1. The van der Waals surface area contributed by atoms with Crippen molar-refractivity contribution >= 4 is 28.3 Å². The minimum absolute atomic E-state index is 0.0325. The molecule has 1 atom stereocenters. The number of nitro groups is 1. The lowest BCUT2D eigenvalue weighted by Crippen LogP contribution is -2.21. The lowest BCUT2D eigenvalue weighted by atomic mass is 9.98. The molecule has 2 heterocycles. The number of para-hydroxylation sites is 1. The van der Waals surface area contributed by atoms with E-state index in [0.717, 1.165) is 50.3 Å². The Bertz CT molecular complexity index is 1720. The van der Waals surface area contributed by atoms with E-state index < -0.39 is 0 Å². The van der Waals surface area contributed by atoms with Crippen molar-refractivity contribution in [3.8, 4) is 17.0 Å². The van der Waals surface area contributed by atoms with E-state index in [-0.39, 0.29) is 16.7 Å². The molecule has 0 fully saturated rings. The highest BCUT2D eigenvalue weighted by Crippen LogP contribution is 2.38. The van der Waals surface area contributed by atoms with Crippen LogP contribution in [0.25, 0.3) is 22.2 Å². The Hall–Kier alpha value is -5.11. The van der Waals surface area contributed by atoms with E-state index in [0.29, 0.717) is 12.4 Å². The molecular weight excluding hydrogens is 490 g/mol. The molecule has 8 heteroatoms. The molecule has 0 saturated heterocycles. The number of hydrogen-bond acceptors (Lipinski definition) is 7. The summed E-state index contributed by atoms with van der Waals surface area (Å²) in [6, 6.07) is 30.2. The molecule has 0 aliphatic carbocycles. The Morgan fingerprint density at radius 3 is 2.38 bits per heavy atom. The van der Waals surface area contributed by atoms with Gasteiger partial charge in [0.25, 0.3) is 5.69 Å². The Balaban J connectivity index is 1.51. The fourth-order valence-electron chi connectivity index (χ4n) is 4.86. The van der Waals surface area contributed by atoms with Crippen molar-refractivity contribution < 1.29 is 9.66 Å². The van der Waals surface area contributed by atoms with Gasteiger partial charge in [-0.05, 0) is 48.4 Å². The first-order valence-electron chi connectivity index (χ1n) is 12.6. The Labute approximate surface area is 225 Å². The number of rotatable bonds is 6. The Morgan fingerprint density at radius 1 is 0.897 bits per heavy atom. The van der Waals surface area contributed by atoms with Crippen LogP contribution in [0.15, 0.2) is 102 Å². The van der Waals surface area contributed by atoms with Crippen molar-refractivity contribution in [3.63, 3.8) is 0 Å². The fraction of sp³-hybridized carbons (Fsp3) is 0.129. The minimum Gasteiger partial charge on any atom is -0.497 e. The normalized spacial score (nSPS) is 14.9. The molecule has 4 aromatic carbocycles. The molecule has 1 aromatic heterocycles. The maximum atomic E-state index is 11.6. The van der Waals surface area contributed by atoms with Crippen LogP contribution in [-0.4, -0.2) is 27.7 Å². The van der Waals surface area contributed by atoms with Gasteiger partial charge in [0, 0.05) is 29.5 Å². The highest BCUT2D eigenvalue weighted by molar-refractivity contribution is 6.03. The number of nitrogens with zero attached hydrogens (tertiary/aromatic N) is 5. The molecule has 0 radical (unpaired) electrons. The van der Waals surface area contributed by atoms with Gasteiger partial charge in [-0.3, -0.25) is 10.1 Å². The van der Waals surface area contributed by atoms with Crippen LogP contribution in [0.2, 0.25) is 0 Å². The second-order valence-corrected chi connectivity index (χ2v) is 9.45. The van der Waals surface area contributed by atoms with E-state index in [9.17, 15) is 10.1 Å². The number of fused-ring (bicyclic) bond motifs is 1. The molecule has 5 aromatic rings. The minimum atomic E-state index is -0.379. The third kappa shape index (κ3) is 4.68. The van der Waals surface area contributed by atoms with Gasteiger partial charge in [-0.15, -0.1) is 0 Å². The monoisotopic (exact) mass is 515 g/mol. The zero-order valence-corrected chi connectivity index (χ0v) is 21.5. The summed E-state index contributed by atoms with van der Waals surface area (Å²) in [7, 11) is 1.63. The first-order valence-corrected chi connectivity index (χ1v) is 12.6. The summed E-state index contributed by atoms with van der Waals surface area (Å²) >= 11 is 0. The zero-order chi connectivity index (χ0) is 26.9. The largest absolute Gasteiger partial charge is 0.497 e. The topological polar surface area (TPSA) is 93.8 Å². The summed E-state index contributed by atoms with van der Waals surface area (Å²) in [5.41, 5.74) is 6.32. The average Bonchev–Trinajstić information content (AvgIpc) is 3.43. The number of methoxy groups -OCH3 is 1. The van der Waals surface area contributed by atoms with Crippen LogP contribution >= 0.6 is 0 Å². The van der Waals surface area contributed by atoms with E-state index in [1.165, 1.54) is 6.07 Å². The number of aromatic nitrogens is 2. The van der Waals surface area contributed by atoms with Crippen molar-refractivity contribution in [2.75, 3.05) is 12.1 Å². The molecule has 0 spiro atoms. The molecule has 1 aliphatic heterocycles. The second-order valence-electron chi connectivity index (χ2n) is 9.45. The zero-order valence-electron chi connectivity index (χ0n) is 21.5. The summed E-state index contributed by atoms with van der Waals surface area (Å²) in [5.74, 6) is 1.19. The van der Waals surface area contributed by atoms with Crippen LogP contribution in [0.1, 0.15) is 29.2 Å². The van der Waals surface area contributed by atoms with Crippen LogP contribution in [0.3, 0.4) is 0 Å². The summed E-state index contributed by atoms with van der Waals surface area (Å²) in [6.07, 6.45) is 0.531. The number of anilines is 1. The van der Waals surface area contributed by atoms with Crippen LogP contribution in [0.5, 0.6) is 5.75 Å². The molecular formula is C31H25N5O3. The maximum absolute atomic E-state index is 11.6. The van der Waals surface area contributed by atoms with Crippen molar-refractivity contribution in [3.05, 3.63) is 124 Å². The smallest absolute Gasteiger partial charge is 0.269 e. The van der Waals surface area contributed by atoms with Crippen LogP contribution < -0.4 is 9.75 Å². The van der Waals surface area contributed by atoms with Gasteiger partial charge in [-0.1, -0.05) is 60.2 Å². The predicted molar refractivity (Wildman–Crippen MR) is 152 cm³/mol. The van der Waals surface area contributed by atoms with Crippen molar-refractivity contribution in [2.24, 2.45) is 5.10 Å². The van der Waals surface area contributed by atoms with E-state index in [1.54, 1.807) is 24.3 Å². The molecule has 0 saturated carbocycles. The van der Waals surface area contributed by atoms with Crippen LogP contribution in [0.4, 0.5) is 11.6 Å². The van der Waals surface area contributed by atoms with Crippen LogP contribution in [-0.2, 0) is 0 Å². The molecule has 39 heavy (non-hydrogen) atoms. The van der Waals surface area contributed by atoms with Gasteiger partial charge in [-0.25, -0.2) is 15.0 Å². The van der Waals surface area contributed by atoms with E-state index in [1.807, 2.05) is 54.6 Å². The number of aryl methyl sites for hydroxylation is 1. The molecule has 6 rings (SSSR count). The standard InChI is InChI=1S/C31H25N5O3/c1-20-10-12-22(13-11-20)30-26-8-3-4-9-27(26)32-31(33-30)35-29(23-6-5-7-24(18-23)36(37)38)19-28(34-35)21-14-16-25(39-2)17-15-21/h3-18,29H,19H2,1-2H3. The summed E-state index contributed by atoms with van der Waals surface area (Å²) < 4.78 is 5.32. The van der Waals surface area contributed by atoms with Crippen molar-refractivity contribution in [1.82, 2.24) is 9.97 Å². The molecule has 192 valence electrons. The SMILES string of the molecule is COc1ccc(C2=NN(c3nc(-c4ccc(C)cc4)c4ccccc4n3)C(c3cccc([N+](=O)[O-])c3)C2)cc1. The van der Waals surface area contributed by atoms with Gasteiger partial charge in [0.05, 0.1) is 35.0 Å². The molecule has 0 bridgehead atoms. The molecule has 1 unspecified atom stereocenters. The number of non-ortho nitro benzene ring substituents is 1. The van der Waals surface area contributed by atoms with Gasteiger partial charge >= 0.3 is 0 Å². The third-order valence-corrected chi connectivity index (χ3v) is 6.92. The number of benzene rings is 4. The third-order valence-electron chi connectivity index (χ3n) is 6.92. The van der Waals surface area contributed by atoms with E-state index in [4.69, 9.17) is 19.8 Å². The van der Waals surface area contributed by atoms with E-state index >= 15 is 0 Å². The Morgan fingerprint density at radius 2 is 1.64 bits per heavy atom. The summed E-state index contributed by atoms with van der Waals surface area (Å²) in [6.45, 7) is 2.05. The van der Waals surface area contributed by atoms with Crippen molar-refractivity contribution in [1.29, 1.82) is 0 Å². The number of hydrazone groups is 1. The van der Waals surface area contributed by atoms with Gasteiger partial charge in [0.15, 0.2) is 0 Å². The van der Waals surface area contributed by atoms with E-state index in [2.05, 4.69) is 31.2 Å². The molecule has 0 amide bonds. The van der Waals surface area contributed by atoms with Gasteiger partial charge in [0.1, 0.15) is 5.75 Å². The van der Waals surface area contributed by atoms with Crippen molar-refractivity contribution in [2.45, 2.75) is 19.4 Å². The first kappa shape index (κ1) is 24.2. The maximum Gasteiger partial charge on any atom is 0.269 e. The fourth-order valence-corrected chi connectivity index (χ4v) is 4.86. The molecule has 1 aliphatic rings. The van der Waals surface area contributed by atoms with Gasteiger partial charge < -0.3 is 4.74 Å². The predicted octanol–water partition coefficient (Wildman–Crippen LogP) is 6.88. The molecule has 0 N–H and O–H groups in total. The summed E-state index contributed by atoms with van der Waals surface area (Å²) in [4.78, 5) is 21.1. The highest BCUT2D eigenvalue weighted by Gasteiger charge is 2.33. The highest BCUT2D eigenvalue weighted by atomic mass is 16.6. The first-order chi connectivity index (χ1) is 19.0.